The molecule has 0 aliphatic carbocycles. The van der Waals surface area contributed by atoms with Crippen molar-refractivity contribution in [3.8, 4) is 22.9 Å². The molecule has 3 rings (SSSR count). The van der Waals surface area contributed by atoms with E-state index in [1.807, 2.05) is 18.2 Å². The molecular formula is C21H23N5O3. The smallest absolute Gasteiger partial charge is 0.224 e. The molecule has 29 heavy (non-hydrogen) atoms. The number of ether oxygens (including phenoxy) is 2. The number of rotatable bonds is 8. The minimum absolute atomic E-state index is 0.121. The van der Waals surface area contributed by atoms with Gasteiger partial charge in [-0.2, -0.15) is 0 Å². The summed E-state index contributed by atoms with van der Waals surface area (Å²) in [6, 6.07) is 10.9. The summed E-state index contributed by atoms with van der Waals surface area (Å²) < 4.78 is 10.5. The third-order valence-corrected chi connectivity index (χ3v) is 4.23. The molecule has 0 fully saturated rings. The maximum absolute atomic E-state index is 12.4. The molecule has 150 valence electrons. The number of methoxy groups -OCH3 is 2. The van der Waals surface area contributed by atoms with Gasteiger partial charge in [0.05, 0.1) is 32.9 Å². The van der Waals surface area contributed by atoms with Crippen LogP contribution in [0, 0.1) is 0 Å². The number of benzene rings is 1. The fourth-order valence-electron chi connectivity index (χ4n) is 2.77. The average molecular weight is 393 g/mol. The Kier molecular flexibility index (Phi) is 6.57. The molecule has 1 amide bonds. The van der Waals surface area contributed by atoms with Crippen LogP contribution in [0.25, 0.3) is 11.4 Å². The van der Waals surface area contributed by atoms with Crippen molar-refractivity contribution < 1.29 is 14.3 Å². The van der Waals surface area contributed by atoms with E-state index in [9.17, 15) is 4.79 Å². The van der Waals surface area contributed by atoms with Crippen molar-refractivity contribution in [1.29, 1.82) is 0 Å². The maximum atomic E-state index is 12.4. The van der Waals surface area contributed by atoms with Crippen LogP contribution in [0.2, 0.25) is 0 Å². The summed E-state index contributed by atoms with van der Waals surface area (Å²) in [5.41, 5.74) is 2.33. The molecule has 2 heterocycles. The van der Waals surface area contributed by atoms with E-state index in [4.69, 9.17) is 9.47 Å². The molecule has 8 heteroatoms. The van der Waals surface area contributed by atoms with E-state index < -0.39 is 0 Å². The topological polar surface area (TPSA) is 98.3 Å². The van der Waals surface area contributed by atoms with Crippen LogP contribution in [-0.2, 0) is 17.8 Å². The third kappa shape index (κ3) is 5.19. The van der Waals surface area contributed by atoms with E-state index in [0.717, 1.165) is 11.1 Å². The minimum atomic E-state index is -0.121. The highest BCUT2D eigenvalue weighted by Gasteiger charge is 2.10. The molecule has 0 bridgehead atoms. The van der Waals surface area contributed by atoms with Gasteiger partial charge in [-0.05, 0) is 29.8 Å². The first kappa shape index (κ1) is 20.1. The Morgan fingerprint density at radius 1 is 1.07 bits per heavy atom. The second-order valence-corrected chi connectivity index (χ2v) is 6.20. The van der Waals surface area contributed by atoms with Crippen LogP contribution in [0.1, 0.15) is 11.3 Å². The molecule has 2 aromatic heterocycles. The van der Waals surface area contributed by atoms with Crippen molar-refractivity contribution in [2.24, 2.45) is 0 Å². The van der Waals surface area contributed by atoms with Crippen LogP contribution in [0.4, 0.5) is 5.82 Å². The lowest BCUT2D eigenvalue weighted by Gasteiger charge is -2.11. The Balaban J connectivity index is 1.68. The van der Waals surface area contributed by atoms with Gasteiger partial charge in [0.15, 0.2) is 17.3 Å². The van der Waals surface area contributed by atoms with Crippen LogP contribution in [-0.4, -0.2) is 42.1 Å². The van der Waals surface area contributed by atoms with Gasteiger partial charge in [0, 0.05) is 31.1 Å². The first-order chi connectivity index (χ1) is 14.1. The number of aromatic nitrogens is 3. The summed E-state index contributed by atoms with van der Waals surface area (Å²) in [4.78, 5) is 25.5. The Bertz CT molecular complexity index is 979. The van der Waals surface area contributed by atoms with Gasteiger partial charge in [-0.15, -0.1) is 0 Å². The Morgan fingerprint density at radius 2 is 1.90 bits per heavy atom. The predicted octanol–water partition coefficient (Wildman–Crippen LogP) is 2.46. The normalized spacial score (nSPS) is 10.3. The van der Waals surface area contributed by atoms with Gasteiger partial charge in [-0.25, -0.2) is 9.97 Å². The summed E-state index contributed by atoms with van der Waals surface area (Å²) in [5, 5.41) is 5.92. The van der Waals surface area contributed by atoms with E-state index in [-0.39, 0.29) is 18.9 Å². The molecule has 0 spiro atoms. The van der Waals surface area contributed by atoms with E-state index in [0.29, 0.717) is 28.8 Å². The Morgan fingerprint density at radius 3 is 2.59 bits per heavy atom. The number of carbonyl (C=O) groups excluding carboxylic acids is 1. The lowest BCUT2D eigenvalue weighted by molar-refractivity contribution is -0.120. The largest absolute Gasteiger partial charge is 0.493 e. The lowest BCUT2D eigenvalue weighted by atomic mass is 10.1. The fraction of sp³-hybridized carbons (Fsp3) is 0.238. The molecular weight excluding hydrogens is 370 g/mol. The molecule has 1 aromatic carbocycles. The molecule has 2 N–H and O–H groups in total. The first-order valence-corrected chi connectivity index (χ1v) is 9.06. The van der Waals surface area contributed by atoms with E-state index >= 15 is 0 Å². The highest BCUT2D eigenvalue weighted by molar-refractivity contribution is 5.78. The summed E-state index contributed by atoms with van der Waals surface area (Å²) in [6.07, 6.45) is 3.62. The van der Waals surface area contributed by atoms with Crippen molar-refractivity contribution in [2.75, 3.05) is 26.6 Å². The third-order valence-electron chi connectivity index (χ3n) is 4.23. The van der Waals surface area contributed by atoms with Crippen LogP contribution < -0.4 is 20.1 Å². The average Bonchev–Trinajstić information content (AvgIpc) is 2.78. The monoisotopic (exact) mass is 393 g/mol. The maximum Gasteiger partial charge on any atom is 0.224 e. The highest BCUT2D eigenvalue weighted by Crippen LogP contribution is 2.27. The molecule has 0 radical (unpaired) electrons. The molecule has 8 nitrogen and oxygen atoms in total. The minimum Gasteiger partial charge on any atom is -0.493 e. The summed E-state index contributed by atoms with van der Waals surface area (Å²) in [5.74, 6) is 2.32. The van der Waals surface area contributed by atoms with E-state index in [1.54, 1.807) is 51.9 Å². The van der Waals surface area contributed by atoms with Crippen LogP contribution in [0.3, 0.4) is 0 Å². The SMILES string of the molecule is CNc1cc(CNC(=O)Cc2ccc(OC)c(OC)c2)nc(-c2cccnc2)n1. The van der Waals surface area contributed by atoms with E-state index in [2.05, 4.69) is 25.6 Å². The number of nitrogens with zero attached hydrogens (tertiary/aromatic N) is 3. The predicted molar refractivity (Wildman–Crippen MR) is 110 cm³/mol. The van der Waals surface area contributed by atoms with Gasteiger partial charge < -0.3 is 20.1 Å². The van der Waals surface area contributed by atoms with Gasteiger partial charge >= 0.3 is 0 Å². The van der Waals surface area contributed by atoms with Crippen LogP contribution in [0.5, 0.6) is 11.5 Å². The highest BCUT2D eigenvalue weighted by atomic mass is 16.5. The standard InChI is InChI=1S/C21H23N5O3/c1-22-19-11-16(25-21(26-19)15-5-4-8-23-12-15)13-24-20(27)10-14-6-7-17(28-2)18(9-14)29-3/h4-9,11-12H,10,13H2,1-3H3,(H,24,27)(H,22,25,26). The van der Waals surface area contributed by atoms with Crippen molar-refractivity contribution >= 4 is 11.7 Å². The van der Waals surface area contributed by atoms with Gasteiger partial charge in [-0.1, -0.05) is 6.07 Å². The Labute approximate surface area is 169 Å². The molecule has 3 aromatic rings. The Hall–Kier alpha value is -3.68. The second kappa shape index (κ2) is 9.50. The summed E-state index contributed by atoms with van der Waals surface area (Å²) >= 11 is 0. The number of carbonyl (C=O) groups is 1. The zero-order valence-electron chi connectivity index (χ0n) is 16.6. The quantitative estimate of drug-likeness (QED) is 0.607. The first-order valence-electron chi connectivity index (χ1n) is 9.06. The second-order valence-electron chi connectivity index (χ2n) is 6.20. The summed E-state index contributed by atoms with van der Waals surface area (Å²) in [6.45, 7) is 0.288. The van der Waals surface area contributed by atoms with Crippen molar-refractivity contribution in [3.63, 3.8) is 0 Å². The zero-order valence-corrected chi connectivity index (χ0v) is 16.6. The molecule has 0 aliphatic heterocycles. The van der Waals surface area contributed by atoms with Gasteiger partial charge in [0.25, 0.3) is 0 Å². The molecule has 0 saturated carbocycles. The van der Waals surface area contributed by atoms with Crippen molar-refractivity contribution in [3.05, 3.63) is 60.0 Å². The lowest BCUT2D eigenvalue weighted by Crippen LogP contribution is -2.25. The molecule has 0 aliphatic rings. The molecule has 0 saturated heterocycles. The number of pyridine rings is 1. The van der Waals surface area contributed by atoms with Gasteiger partial charge in [0.2, 0.25) is 5.91 Å². The number of amides is 1. The fourth-order valence-corrected chi connectivity index (χ4v) is 2.77. The molecule has 0 unspecified atom stereocenters. The van der Waals surface area contributed by atoms with Crippen LogP contribution in [0.15, 0.2) is 48.8 Å². The summed E-state index contributed by atoms with van der Waals surface area (Å²) in [7, 11) is 4.93. The van der Waals surface area contributed by atoms with Gasteiger partial charge in [-0.3, -0.25) is 9.78 Å². The van der Waals surface area contributed by atoms with Crippen molar-refractivity contribution in [2.45, 2.75) is 13.0 Å². The molecule has 0 atom stereocenters. The van der Waals surface area contributed by atoms with Gasteiger partial charge in [0.1, 0.15) is 5.82 Å². The number of hydrogen-bond donors (Lipinski definition) is 2. The number of anilines is 1. The van der Waals surface area contributed by atoms with E-state index in [1.165, 1.54) is 0 Å². The number of nitrogens with one attached hydrogen (secondary N) is 2. The number of hydrogen-bond acceptors (Lipinski definition) is 7. The zero-order chi connectivity index (χ0) is 20.6. The van der Waals surface area contributed by atoms with Crippen molar-refractivity contribution in [1.82, 2.24) is 20.3 Å². The van der Waals surface area contributed by atoms with Crippen LogP contribution >= 0.6 is 0 Å².